The van der Waals surface area contributed by atoms with Crippen LogP contribution in [0, 0.1) is 6.92 Å². The lowest BCUT2D eigenvalue weighted by molar-refractivity contribution is 0.118. The molecule has 0 saturated carbocycles. The smallest absolute Gasteiger partial charge is 0.0501 e. The fourth-order valence-electron chi connectivity index (χ4n) is 2.73. The highest BCUT2D eigenvalue weighted by molar-refractivity contribution is 5.26. The maximum absolute atomic E-state index is 9.13. The largest absolute Gasteiger partial charge is 0.396 e. The molecule has 0 radical (unpaired) electrons. The summed E-state index contributed by atoms with van der Waals surface area (Å²) in [7, 11) is 0. The van der Waals surface area contributed by atoms with Gasteiger partial charge < -0.3 is 10.8 Å². The van der Waals surface area contributed by atoms with Crippen molar-refractivity contribution in [3.05, 3.63) is 35.4 Å². The minimum absolute atomic E-state index is 0.109. The van der Waals surface area contributed by atoms with E-state index in [1.807, 2.05) is 0 Å². The first-order valence-corrected chi connectivity index (χ1v) is 7.70. The van der Waals surface area contributed by atoms with Crippen molar-refractivity contribution in [3.8, 4) is 0 Å². The topological polar surface area (TPSA) is 49.5 Å². The van der Waals surface area contributed by atoms with E-state index >= 15 is 0 Å². The fourth-order valence-corrected chi connectivity index (χ4v) is 2.73. The maximum atomic E-state index is 9.13. The molecule has 0 aliphatic heterocycles. The monoisotopic (exact) mass is 278 g/mol. The van der Waals surface area contributed by atoms with Gasteiger partial charge in [0, 0.05) is 25.2 Å². The molecule has 0 amide bonds. The van der Waals surface area contributed by atoms with Gasteiger partial charge in [-0.25, -0.2) is 0 Å². The number of hydrogen-bond donors (Lipinski definition) is 2. The molecule has 1 aromatic rings. The molecule has 20 heavy (non-hydrogen) atoms. The number of nitrogens with zero attached hydrogens (tertiary/aromatic N) is 1. The average molecular weight is 278 g/mol. The second-order valence-electron chi connectivity index (χ2n) is 5.84. The van der Waals surface area contributed by atoms with E-state index in [0.717, 1.165) is 19.4 Å². The van der Waals surface area contributed by atoms with Crippen LogP contribution in [0.4, 0.5) is 0 Å². The van der Waals surface area contributed by atoms with Crippen molar-refractivity contribution < 1.29 is 5.11 Å². The van der Waals surface area contributed by atoms with E-state index in [4.69, 9.17) is 10.8 Å². The zero-order valence-corrected chi connectivity index (χ0v) is 13.3. The first-order chi connectivity index (χ1) is 9.51. The van der Waals surface area contributed by atoms with E-state index in [1.165, 1.54) is 11.1 Å². The number of aliphatic hydroxyl groups excluding tert-OH is 1. The lowest BCUT2D eigenvalue weighted by Crippen LogP contribution is -2.44. The standard InChI is InChI=1S/C17H30N2O/c1-5-16(18)17(15-9-6-8-14(4)12-15)19(13(2)3)10-7-11-20/h6,8-9,12-13,16-17,20H,5,7,10-11,18H2,1-4H3. The SMILES string of the molecule is CCC(N)C(c1cccc(C)c1)N(CCCO)C(C)C. The van der Waals surface area contributed by atoms with E-state index in [-0.39, 0.29) is 18.7 Å². The quantitative estimate of drug-likeness (QED) is 0.769. The zero-order valence-electron chi connectivity index (χ0n) is 13.3. The molecule has 3 heteroatoms. The van der Waals surface area contributed by atoms with Crippen LogP contribution in [0.3, 0.4) is 0 Å². The fraction of sp³-hybridized carbons (Fsp3) is 0.647. The summed E-state index contributed by atoms with van der Waals surface area (Å²) in [4.78, 5) is 2.42. The number of nitrogens with two attached hydrogens (primary N) is 1. The normalized spacial score (nSPS) is 14.8. The van der Waals surface area contributed by atoms with E-state index in [0.29, 0.717) is 6.04 Å². The number of hydrogen-bond acceptors (Lipinski definition) is 3. The Balaban J connectivity index is 3.08. The van der Waals surface area contributed by atoms with Crippen LogP contribution in [0.15, 0.2) is 24.3 Å². The molecule has 0 fully saturated rings. The molecule has 0 aliphatic carbocycles. The molecule has 114 valence electrons. The summed E-state index contributed by atoms with van der Waals surface area (Å²) in [5, 5.41) is 9.13. The third kappa shape index (κ3) is 4.58. The van der Waals surface area contributed by atoms with Crippen LogP contribution in [0.5, 0.6) is 0 Å². The minimum Gasteiger partial charge on any atom is -0.396 e. The highest BCUT2D eigenvalue weighted by atomic mass is 16.3. The molecule has 2 unspecified atom stereocenters. The van der Waals surface area contributed by atoms with Gasteiger partial charge in [-0.3, -0.25) is 4.90 Å². The number of rotatable bonds is 8. The third-order valence-electron chi connectivity index (χ3n) is 3.86. The molecule has 3 N–H and O–H groups in total. The summed E-state index contributed by atoms with van der Waals surface area (Å²) in [5.74, 6) is 0. The van der Waals surface area contributed by atoms with Gasteiger partial charge in [-0.2, -0.15) is 0 Å². The molecule has 1 aromatic carbocycles. The van der Waals surface area contributed by atoms with Gasteiger partial charge >= 0.3 is 0 Å². The third-order valence-corrected chi connectivity index (χ3v) is 3.86. The minimum atomic E-state index is 0.109. The van der Waals surface area contributed by atoms with Crippen LogP contribution >= 0.6 is 0 Å². The van der Waals surface area contributed by atoms with Crippen LogP contribution in [0.1, 0.15) is 50.8 Å². The second-order valence-corrected chi connectivity index (χ2v) is 5.84. The molecule has 0 aromatic heterocycles. The van der Waals surface area contributed by atoms with Crippen molar-refractivity contribution in [1.29, 1.82) is 0 Å². The van der Waals surface area contributed by atoms with Gasteiger partial charge in [0.25, 0.3) is 0 Å². The van der Waals surface area contributed by atoms with Gasteiger partial charge in [0.15, 0.2) is 0 Å². The predicted molar refractivity (Wildman–Crippen MR) is 85.7 cm³/mol. The molecule has 0 bridgehead atoms. The first-order valence-electron chi connectivity index (χ1n) is 7.70. The summed E-state index contributed by atoms with van der Waals surface area (Å²) in [6, 6.07) is 9.35. The van der Waals surface area contributed by atoms with Crippen molar-refractivity contribution in [2.45, 2.75) is 58.7 Å². The van der Waals surface area contributed by atoms with E-state index < -0.39 is 0 Å². The molecule has 0 spiro atoms. The molecule has 0 aliphatic rings. The van der Waals surface area contributed by atoms with Gasteiger partial charge in [0.1, 0.15) is 0 Å². The summed E-state index contributed by atoms with van der Waals surface area (Å²) < 4.78 is 0. The van der Waals surface area contributed by atoms with Crippen LogP contribution in [-0.4, -0.2) is 35.2 Å². The molecule has 3 nitrogen and oxygen atoms in total. The molecular formula is C17H30N2O. The molecule has 2 atom stereocenters. The number of aryl methyl sites for hydroxylation is 1. The summed E-state index contributed by atoms with van der Waals surface area (Å²) in [5.41, 5.74) is 8.95. The van der Waals surface area contributed by atoms with E-state index in [9.17, 15) is 0 Å². The van der Waals surface area contributed by atoms with Gasteiger partial charge in [-0.05, 0) is 39.2 Å². The van der Waals surface area contributed by atoms with Crippen molar-refractivity contribution in [1.82, 2.24) is 4.90 Å². The Labute approximate surface area is 123 Å². The van der Waals surface area contributed by atoms with Gasteiger partial charge in [0.05, 0.1) is 6.04 Å². The van der Waals surface area contributed by atoms with E-state index in [1.54, 1.807) is 0 Å². The van der Waals surface area contributed by atoms with E-state index in [2.05, 4.69) is 56.9 Å². The Hall–Kier alpha value is -0.900. The Bertz CT molecular complexity index is 392. The summed E-state index contributed by atoms with van der Waals surface area (Å²) in [6.45, 7) is 9.75. The molecule has 0 heterocycles. The Morgan fingerprint density at radius 2 is 2.00 bits per heavy atom. The molecule has 1 rings (SSSR count). The van der Waals surface area contributed by atoms with Crippen molar-refractivity contribution in [3.63, 3.8) is 0 Å². The zero-order chi connectivity index (χ0) is 15.1. The Kier molecular flexibility index (Phi) is 7.20. The first kappa shape index (κ1) is 17.2. The van der Waals surface area contributed by atoms with Crippen LogP contribution in [0.2, 0.25) is 0 Å². The summed E-state index contributed by atoms with van der Waals surface area (Å²) in [6.07, 6.45) is 1.73. The summed E-state index contributed by atoms with van der Waals surface area (Å²) >= 11 is 0. The highest BCUT2D eigenvalue weighted by Crippen LogP contribution is 2.28. The maximum Gasteiger partial charge on any atom is 0.0501 e. The molecular weight excluding hydrogens is 248 g/mol. The Morgan fingerprint density at radius 1 is 1.30 bits per heavy atom. The second kappa shape index (κ2) is 8.40. The lowest BCUT2D eigenvalue weighted by atomic mass is 9.94. The van der Waals surface area contributed by atoms with Crippen molar-refractivity contribution >= 4 is 0 Å². The van der Waals surface area contributed by atoms with Gasteiger partial charge in [-0.15, -0.1) is 0 Å². The predicted octanol–water partition coefficient (Wildman–Crippen LogP) is 2.87. The van der Waals surface area contributed by atoms with Crippen molar-refractivity contribution in [2.24, 2.45) is 5.73 Å². The lowest BCUT2D eigenvalue weighted by Gasteiger charge is -2.38. The highest BCUT2D eigenvalue weighted by Gasteiger charge is 2.27. The van der Waals surface area contributed by atoms with Gasteiger partial charge in [-0.1, -0.05) is 36.8 Å². The van der Waals surface area contributed by atoms with Gasteiger partial charge in [0.2, 0.25) is 0 Å². The Morgan fingerprint density at radius 3 is 2.50 bits per heavy atom. The number of aliphatic hydroxyl groups is 1. The molecule has 0 saturated heterocycles. The van der Waals surface area contributed by atoms with Crippen LogP contribution in [-0.2, 0) is 0 Å². The van der Waals surface area contributed by atoms with Crippen LogP contribution in [0.25, 0.3) is 0 Å². The average Bonchev–Trinajstić information content (AvgIpc) is 2.42. The van der Waals surface area contributed by atoms with Crippen LogP contribution < -0.4 is 5.73 Å². The van der Waals surface area contributed by atoms with Crippen molar-refractivity contribution in [2.75, 3.05) is 13.2 Å². The number of benzene rings is 1.